The van der Waals surface area contributed by atoms with E-state index in [1.54, 1.807) is 24.3 Å². The van der Waals surface area contributed by atoms with Gasteiger partial charge in [0.25, 0.3) is 5.91 Å². The normalized spacial score (nSPS) is 11.5. The van der Waals surface area contributed by atoms with Gasteiger partial charge in [0.2, 0.25) is 0 Å². The highest BCUT2D eigenvalue weighted by molar-refractivity contribution is 9.10. The maximum absolute atomic E-state index is 13.9. The van der Waals surface area contributed by atoms with Crippen LogP contribution in [0.25, 0.3) is 0 Å². The molecule has 164 valence electrons. The number of nitrogens with zero attached hydrogens (tertiary/aromatic N) is 2. The second kappa shape index (κ2) is 8.57. The van der Waals surface area contributed by atoms with Gasteiger partial charge in [0.1, 0.15) is 17.0 Å². The summed E-state index contributed by atoms with van der Waals surface area (Å²) in [5, 5.41) is 5.25. The molecular weight excluding hydrogens is 503 g/mol. The van der Waals surface area contributed by atoms with E-state index in [0.29, 0.717) is 5.75 Å². The molecule has 0 radical (unpaired) electrons. The lowest BCUT2D eigenvalue weighted by Gasteiger charge is -2.14. The van der Waals surface area contributed by atoms with Crippen LogP contribution in [0.1, 0.15) is 16.1 Å². The fourth-order valence-corrected chi connectivity index (χ4v) is 2.66. The number of hydrogen-bond acceptors (Lipinski definition) is 3. The van der Waals surface area contributed by atoms with Crippen LogP contribution in [0.3, 0.4) is 0 Å². The third-order valence-electron chi connectivity index (χ3n) is 3.84. The second-order valence-corrected chi connectivity index (χ2v) is 6.84. The molecule has 0 fully saturated rings. The fourth-order valence-electron chi connectivity index (χ4n) is 2.39. The molecule has 0 unspecified atom stereocenters. The van der Waals surface area contributed by atoms with Gasteiger partial charge < -0.3 is 10.1 Å². The van der Waals surface area contributed by atoms with Crippen LogP contribution in [0, 0.1) is 23.3 Å². The summed E-state index contributed by atoms with van der Waals surface area (Å²) in [6.07, 6.45) is -4.43. The van der Waals surface area contributed by atoms with Gasteiger partial charge in [-0.05, 0) is 30.3 Å². The number of nitrogens with one attached hydrogen (secondary N) is 1. The first-order chi connectivity index (χ1) is 14.5. The van der Waals surface area contributed by atoms with Crippen LogP contribution in [0.15, 0.2) is 41.0 Å². The number of benzene rings is 2. The monoisotopic (exact) mass is 511 g/mol. The minimum absolute atomic E-state index is 0.166. The number of carbonyl (C=O) groups excluding carboxylic acids is 1. The number of amides is 1. The maximum Gasteiger partial charge on any atom is 0.422 e. The van der Waals surface area contributed by atoms with Gasteiger partial charge in [0.05, 0.1) is 0 Å². The summed E-state index contributed by atoms with van der Waals surface area (Å²) in [5.74, 6) is -11.0. The minimum Gasteiger partial charge on any atom is -0.471 e. The summed E-state index contributed by atoms with van der Waals surface area (Å²) < 4.78 is 100. The molecule has 31 heavy (non-hydrogen) atoms. The zero-order valence-corrected chi connectivity index (χ0v) is 16.5. The summed E-state index contributed by atoms with van der Waals surface area (Å²) in [6.45, 7) is -0.166. The molecule has 13 heteroatoms. The van der Waals surface area contributed by atoms with Gasteiger partial charge in [-0.2, -0.15) is 18.3 Å². The van der Waals surface area contributed by atoms with Gasteiger partial charge in [0.15, 0.2) is 35.7 Å². The van der Waals surface area contributed by atoms with Gasteiger partial charge in [-0.25, -0.2) is 22.2 Å². The SMILES string of the molecule is O=C(Nc1c(F)c(F)c(C(F)(F)F)c(F)c1F)c1ccn(COc2ccc(Br)cc2)n1. The molecule has 0 saturated carbocycles. The van der Waals surface area contributed by atoms with Crippen LogP contribution in [-0.4, -0.2) is 15.7 Å². The molecule has 0 bridgehead atoms. The van der Waals surface area contributed by atoms with Crippen LogP contribution in [0.5, 0.6) is 5.75 Å². The molecule has 1 heterocycles. The smallest absolute Gasteiger partial charge is 0.422 e. The number of rotatable bonds is 5. The van der Waals surface area contributed by atoms with Gasteiger partial charge in [-0.3, -0.25) is 4.79 Å². The summed E-state index contributed by atoms with van der Waals surface area (Å²) in [4.78, 5) is 12.1. The average Bonchev–Trinajstić information content (AvgIpc) is 3.17. The lowest BCUT2D eigenvalue weighted by Crippen LogP contribution is -2.20. The van der Waals surface area contributed by atoms with Crippen molar-refractivity contribution < 1.29 is 40.3 Å². The zero-order valence-electron chi connectivity index (χ0n) is 14.9. The topological polar surface area (TPSA) is 56.2 Å². The third kappa shape index (κ3) is 4.81. The Balaban J connectivity index is 1.77. The first-order valence-corrected chi connectivity index (χ1v) is 8.94. The van der Waals surface area contributed by atoms with E-state index in [1.807, 2.05) is 0 Å². The number of ether oxygens (including phenoxy) is 1. The second-order valence-electron chi connectivity index (χ2n) is 5.93. The van der Waals surface area contributed by atoms with Crippen LogP contribution < -0.4 is 10.1 Å². The Kier molecular flexibility index (Phi) is 6.25. The number of halogens is 8. The Morgan fingerprint density at radius 1 is 1.00 bits per heavy atom. The van der Waals surface area contributed by atoms with E-state index >= 15 is 0 Å². The van der Waals surface area contributed by atoms with Crippen molar-refractivity contribution in [2.45, 2.75) is 12.9 Å². The molecule has 0 aliphatic carbocycles. The molecule has 3 aromatic rings. The predicted octanol–water partition coefficient (Wildman–Crippen LogP) is 5.51. The first-order valence-electron chi connectivity index (χ1n) is 8.15. The van der Waals surface area contributed by atoms with Crippen molar-refractivity contribution >= 4 is 27.5 Å². The molecule has 3 rings (SSSR count). The number of carbonyl (C=O) groups is 1. The molecule has 0 spiro atoms. The lowest BCUT2D eigenvalue weighted by atomic mass is 10.1. The first kappa shape index (κ1) is 22.6. The third-order valence-corrected chi connectivity index (χ3v) is 4.36. The molecule has 1 amide bonds. The van der Waals surface area contributed by atoms with Gasteiger partial charge in [0, 0.05) is 10.7 Å². The largest absolute Gasteiger partial charge is 0.471 e. The average molecular weight is 512 g/mol. The molecule has 2 aromatic carbocycles. The van der Waals surface area contributed by atoms with E-state index in [2.05, 4.69) is 21.0 Å². The van der Waals surface area contributed by atoms with Gasteiger partial charge in [-0.1, -0.05) is 15.9 Å². The van der Waals surface area contributed by atoms with Crippen LogP contribution in [0.4, 0.5) is 36.4 Å². The van der Waals surface area contributed by atoms with Crippen molar-refractivity contribution in [2.24, 2.45) is 0 Å². The highest BCUT2D eigenvalue weighted by Gasteiger charge is 2.42. The van der Waals surface area contributed by atoms with Crippen molar-refractivity contribution in [1.82, 2.24) is 9.78 Å². The summed E-state index contributed by atoms with van der Waals surface area (Å²) in [7, 11) is 0. The van der Waals surface area contributed by atoms with Crippen LogP contribution >= 0.6 is 15.9 Å². The molecule has 5 nitrogen and oxygen atoms in total. The number of alkyl halides is 3. The Labute approximate surface area is 177 Å². The molecular formula is C18H9BrF7N3O2. The van der Waals surface area contributed by atoms with Gasteiger partial charge in [-0.15, -0.1) is 0 Å². The highest BCUT2D eigenvalue weighted by Crippen LogP contribution is 2.38. The van der Waals surface area contributed by atoms with E-state index in [0.717, 1.165) is 15.2 Å². The van der Waals surface area contributed by atoms with Crippen molar-refractivity contribution in [2.75, 3.05) is 5.32 Å². The van der Waals surface area contributed by atoms with Crippen molar-refractivity contribution in [3.63, 3.8) is 0 Å². The molecule has 1 aromatic heterocycles. The van der Waals surface area contributed by atoms with Crippen molar-refractivity contribution in [3.05, 3.63) is 75.5 Å². The highest BCUT2D eigenvalue weighted by atomic mass is 79.9. The number of hydrogen-bond donors (Lipinski definition) is 1. The number of aromatic nitrogens is 2. The standard InChI is InChI=1S/C18H9BrF7N3O2/c19-8-1-3-9(4-2-8)31-7-29-6-5-10(28-29)17(30)27-16-14(22)12(20)11(18(24,25)26)13(21)15(16)23/h1-6H,7H2,(H,27,30). The summed E-state index contributed by atoms with van der Waals surface area (Å²) in [5.41, 5.74) is -4.90. The predicted molar refractivity (Wildman–Crippen MR) is 96.2 cm³/mol. The minimum atomic E-state index is -5.69. The maximum atomic E-state index is 13.9. The molecule has 0 aliphatic heterocycles. The molecule has 0 aliphatic rings. The molecule has 0 saturated heterocycles. The fraction of sp³-hybridized carbons (Fsp3) is 0.111. The Bertz CT molecular complexity index is 1100. The Morgan fingerprint density at radius 3 is 2.13 bits per heavy atom. The quantitative estimate of drug-likeness (QED) is 0.363. The lowest BCUT2D eigenvalue weighted by molar-refractivity contribution is -0.143. The Morgan fingerprint density at radius 2 is 1.58 bits per heavy atom. The summed E-state index contributed by atoms with van der Waals surface area (Å²) >= 11 is 3.25. The van der Waals surface area contributed by atoms with Crippen molar-refractivity contribution in [3.8, 4) is 5.75 Å². The Hall–Kier alpha value is -3.09. The van der Waals surface area contributed by atoms with E-state index in [9.17, 15) is 35.5 Å². The van der Waals surface area contributed by atoms with Crippen molar-refractivity contribution in [1.29, 1.82) is 0 Å². The van der Waals surface area contributed by atoms with Crippen LogP contribution in [-0.2, 0) is 12.9 Å². The zero-order chi connectivity index (χ0) is 22.9. The molecule has 0 atom stereocenters. The van der Waals surface area contributed by atoms with E-state index < -0.39 is 52.3 Å². The van der Waals surface area contributed by atoms with Gasteiger partial charge >= 0.3 is 6.18 Å². The number of anilines is 1. The van der Waals surface area contributed by atoms with E-state index in [-0.39, 0.29) is 6.73 Å². The van der Waals surface area contributed by atoms with E-state index in [4.69, 9.17) is 4.74 Å². The van der Waals surface area contributed by atoms with Crippen LogP contribution in [0.2, 0.25) is 0 Å². The molecule has 1 N–H and O–H groups in total. The van der Waals surface area contributed by atoms with E-state index in [1.165, 1.54) is 11.5 Å². The summed E-state index contributed by atoms with van der Waals surface area (Å²) in [6, 6.07) is 7.79.